The van der Waals surface area contributed by atoms with Crippen molar-refractivity contribution in [3.05, 3.63) is 70.8 Å². The van der Waals surface area contributed by atoms with Gasteiger partial charge in [0.05, 0.1) is 0 Å². The smallest absolute Gasteiger partial charge is 0.0415 e. The lowest BCUT2D eigenvalue weighted by Crippen LogP contribution is -2.29. The third-order valence-corrected chi connectivity index (χ3v) is 5.43. The minimum atomic E-state index is 0.308. The zero-order chi connectivity index (χ0) is 14.3. The molecule has 1 fully saturated rings. The number of likely N-dealkylation sites (N-methyl/N-ethyl adjacent to an activating group) is 1. The first-order valence-corrected chi connectivity index (χ1v) is 8.18. The van der Waals surface area contributed by atoms with Gasteiger partial charge < -0.3 is 5.32 Å². The van der Waals surface area contributed by atoms with Crippen LogP contribution >= 0.6 is 0 Å². The van der Waals surface area contributed by atoms with Crippen molar-refractivity contribution in [1.82, 2.24) is 5.32 Å². The van der Waals surface area contributed by atoms with Crippen LogP contribution in [0.25, 0.3) is 0 Å². The van der Waals surface area contributed by atoms with Crippen molar-refractivity contribution < 1.29 is 0 Å². The number of nitrogens with one attached hydrogen (secondary N) is 1. The summed E-state index contributed by atoms with van der Waals surface area (Å²) in [5.74, 6) is 0. The normalized spacial score (nSPS) is 20.0. The van der Waals surface area contributed by atoms with Gasteiger partial charge in [0.2, 0.25) is 0 Å². The fourth-order valence-electron chi connectivity index (χ4n) is 4.18. The second-order valence-corrected chi connectivity index (χ2v) is 6.63. The molecule has 2 aliphatic carbocycles. The summed E-state index contributed by atoms with van der Waals surface area (Å²) in [7, 11) is 2.11. The molecule has 1 unspecified atom stereocenters. The summed E-state index contributed by atoms with van der Waals surface area (Å²) in [6.07, 6.45) is 6.44. The molecule has 0 spiro atoms. The number of aryl methyl sites for hydroxylation is 2. The Morgan fingerprint density at radius 1 is 0.952 bits per heavy atom. The van der Waals surface area contributed by atoms with E-state index in [9.17, 15) is 0 Å². The quantitative estimate of drug-likeness (QED) is 0.884. The van der Waals surface area contributed by atoms with Gasteiger partial charge in [0.1, 0.15) is 0 Å². The molecule has 1 atom stereocenters. The Balaban J connectivity index is 1.72. The largest absolute Gasteiger partial charge is 0.312 e. The Kier molecular flexibility index (Phi) is 3.11. The van der Waals surface area contributed by atoms with Gasteiger partial charge in [0, 0.05) is 11.5 Å². The van der Waals surface area contributed by atoms with Gasteiger partial charge in [0.15, 0.2) is 0 Å². The van der Waals surface area contributed by atoms with Crippen LogP contribution in [0.15, 0.2) is 48.5 Å². The zero-order valence-electron chi connectivity index (χ0n) is 12.7. The fraction of sp³-hybridized carbons (Fsp3) is 0.400. The molecule has 0 amide bonds. The van der Waals surface area contributed by atoms with Crippen molar-refractivity contribution in [3.8, 4) is 0 Å². The van der Waals surface area contributed by atoms with E-state index in [-0.39, 0.29) is 0 Å². The van der Waals surface area contributed by atoms with Gasteiger partial charge in [-0.15, -0.1) is 0 Å². The summed E-state index contributed by atoms with van der Waals surface area (Å²) < 4.78 is 0. The molecule has 0 radical (unpaired) electrons. The van der Waals surface area contributed by atoms with E-state index in [1.165, 1.54) is 43.2 Å². The summed E-state index contributed by atoms with van der Waals surface area (Å²) in [4.78, 5) is 0. The van der Waals surface area contributed by atoms with E-state index in [0.717, 1.165) is 0 Å². The SMILES string of the molecule is CNC(c1ccc2c(c1)CCC2)C1(c2ccccc2)CC1. The summed E-state index contributed by atoms with van der Waals surface area (Å²) in [6.45, 7) is 0. The van der Waals surface area contributed by atoms with Gasteiger partial charge in [-0.2, -0.15) is 0 Å². The van der Waals surface area contributed by atoms with E-state index in [4.69, 9.17) is 0 Å². The highest BCUT2D eigenvalue weighted by atomic mass is 14.9. The standard InChI is InChI=1S/C20H23N/c1-21-19(17-11-10-15-6-5-7-16(15)14-17)20(12-13-20)18-8-3-2-4-9-18/h2-4,8-11,14,19,21H,5-7,12-13H2,1H3. The number of hydrogen-bond donors (Lipinski definition) is 1. The van der Waals surface area contributed by atoms with E-state index >= 15 is 0 Å². The lowest BCUT2D eigenvalue weighted by atomic mass is 9.83. The van der Waals surface area contributed by atoms with E-state index < -0.39 is 0 Å². The second-order valence-electron chi connectivity index (χ2n) is 6.63. The molecule has 0 aliphatic heterocycles. The van der Waals surface area contributed by atoms with Gasteiger partial charge in [-0.05, 0) is 61.4 Å². The van der Waals surface area contributed by atoms with Gasteiger partial charge in [-0.25, -0.2) is 0 Å². The molecule has 4 rings (SSSR count). The summed E-state index contributed by atoms with van der Waals surface area (Å²) >= 11 is 0. The molecule has 1 heteroatoms. The molecular weight excluding hydrogens is 254 g/mol. The Hall–Kier alpha value is -1.60. The van der Waals surface area contributed by atoms with Crippen LogP contribution in [-0.2, 0) is 18.3 Å². The predicted molar refractivity (Wildman–Crippen MR) is 87.6 cm³/mol. The minimum absolute atomic E-state index is 0.308. The highest BCUT2D eigenvalue weighted by molar-refractivity contribution is 5.42. The zero-order valence-corrected chi connectivity index (χ0v) is 12.7. The molecule has 2 aromatic carbocycles. The topological polar surface area (TPSA) is 12.0 Å². The van der Waals surface area contributed by atoms with Crippen LogP contribution < -0.4 is 5.32 Å². The summed E-state index contributed by atoms with van der Waals surface area (Å²) in [5, 5.41) is 3.61. The van der Waals surface area contributed by atoms with Crippen LogP contribution in [0, 0.1) is 0 Å². The van der Waals surface area contributed by atoms with Gasteiger partial charge in [-0.3, -0.25) is 0 Å². The first-order chi connectivity index (χ1) is 10.3. The molecule has 0 saturated heterocycles. The van der Waals surface area contributed by atoms with Crippen LogP contribution in [0.2, 0.25) is 0 Å². The van der Waals surface area contributed by atoms with Crippen LogP contribution in [-0.4, -0.2) is 7.05 Å². The van der Waals surface area contributed by atoms with Crippen LogP contribution in [0.3, 0.4) is 0 Å². The van der Waals surface area contributed by atoms with Crippen molar-refractivity contribution in [2.75, 3.05) is 7.05 Å². The molecule has 1 nitrogen and oxygen atoms in total. The Labute approximate surface area is 127 Å². The van der Waals surface area contributed by atoms with Crippen molar-refractivity contribution >= 4 is 0 Å². The third-order valence-electron chi connectivity index (χ3n) is 5.43. The first kappa shape index (κ1) is 13.1. The lowest BCUT2D eigenvalue weighted by molar-refractivity contribution is 0.463. The molecule has 2 aromatic rings. The van der Waals surface area contributed by atoms with E-state index in [1.54, 1.807) is 11.1 Å². The number of hydrogen-bond acceptors (Lipinski definition) is 1. The Bertz CT molecular complexity index is 640. The van der Waals surface area contributed by atoms with Gasteiger partial charge in [-0.1, -0.05) is 48.5 Å². The molecule has 2 aliphatic rings. The highest BCUT2D eigenvalue weighted by Gasteiger charge is 2.50. The average molecular weight is 277 g/mol. The number of rotatable bonds is 4. The van der Waals surface area contributed by atoms with Crippen LogP contribution in [0.1, 0.15) is 47.6 Å². The Morgan fingerprint density at radius 3 is 2.43 bits per heavy atom. The lowest BCUT2D eigenvalue weighted by Gasteiger charge is -2.28. The minimum Gasteiger partial charge on any atom is -0.312 e. The van der Waals surface area contributed by atoms with Gasteiger partial charge >= 0.3 is 0 Å². The summed E-state index contributed by atoms with van der Waals surface area (Å²) in [6, 6.07) is 18.7. The maximum Gasteiger partial charge on any atom is 0.0415 e. The molecule has 0 heterocycles. The van der Waals surface area contributed by atoms with Crippen LogP contribution in [0.5, 0.6) is 0 Å². The van der Waals surface area contributed by atoms with E-state index in [0.29, 0.717) is 11.5 Å². The van der Waals surface area contributed by atoms with E-state index in [1.807, 2.05) is 0 Å². The first-order valence-electron chi connectivity index (χ1n) is 8.18. The van der Waals surface area contributed by atoms with Crippen molar-refractivity contribution in [3.63, 3.8) is 0 Å². The Morgan fingerprint density at radius 2 is 1.71 bits per heavy atom. The molecule has 21 heavy (non-hydrogen) atoms. The fourth-order valence-corrected chi connectivity index (χ4v) is 4.18. The molecule has 108 valence electrons. The molecular formula is C20H23N. The van der Waals surface area contributed by atoms with E-state index in [2.05, 4.69) is 60.9 Å². The molecule has 0 aromatic heterocycles. The van der Waals surface area contributed by atoms with Crippen molar-refractivity contribution in [2.45, 2.75) is 43.6 Å². The monoisotopic (exact) mass is 277 g/mol. The number of benzene rings is 2. The summed E-state index contributed by atoms with van der Waals surface area (Å²) in [5.41, 5.74) is 6.42. The molecule has 1 saturated carbocycles. The highest BCUT2D eigenvalue weighted by Crippen LogP contribution is 2.56. The van der Waals surface area contributed by atoms with Gasteiger partial charge in [0.25, 0.3) is 0 Å². The molecule has 1 N–H and O–H groups in total. The van der Waals surface area contributed by atoms with Crippen LogP contribution in [0.4, 0.5) is 0 Å². The maximum absolute atomic E-state index is 3.61. The second kappa shape index (κ2) is 4.99. The average Bonchev–Trinajstić information content (AvgIpc) is 3.19. The predicted octanol–water partition coefficient (Wildman–Crippen LogP) is 4.17. The number of fused-ring (bicyclic) bond motifs is 1. The third kappa shape index (κ3) is 2.11. The molecule has 0 bridgehead atoms. The maximum atomic E-state index is 3.61. The van der Waals surface area contributed by atoms with Crippen molar-refractivity contribution in [1.29, 1.82) is 0 Å². The van der Waals surface area contributed by atoms with Crippen molar-refractivity contribution in [2.24, 2.45) is 0 Å².